The highest BCUT2D eigenvalue weighted by Crippen LogP contribution is 2.24. The molecule has 1 saturated heterocycles. The van der Waals surface area contributed by atoms with Crippen LogP contribution in [0.3, 0.4) is 0 Å². The van der Waals surface area contributed by atoms with Gasteiger partial charge >= 0.3 is 0 Å². The van der Waals surface area contributed by atoms with Gasteiger partial charge in [0.1, 0.15) is 10.8 Å². The Hall–Kier alpha value is -1.81. The van der Waals surface area contributed by atoms with Gasteiger partial charge in [-0.3, -0.25) is 0 Å². The SMILES string of the molecule is Cc1cccc(N2CCCC(COc3ncccc3Cl)C2)n1. The standard InChI is InChI=1S/C17H20ClN3O/c1-13-5-2-8-16(20-13)21-10-4-6-14(11-21)12-22-17-15(18)7-3-9-19-17/h2-3,5,7-9,14H,4,6,10-12H2,1H3. The molecular weight excluding hydrogens is 298 g/mol. The van der Waals surface area contributed by atoms with Crippen LogP contribution in [-0.4, -0.2) is 29.7 Å². The van der Waals surface area contributed by atoms with Crippen molar-refractivity contribution in [1.82, 2.24) is 9.97 Å². The Balaban J connectivity index is 1.60. The average Bonchev–Trinajstić information content (AvgIpc) is 2.54. The van der Waals surface area contributed by atoms with Gasteiger partial charge in [-0.25, -0.2) is 9.97 Å². The number of aromatic nitrogens is 2. The summed E-state index contributed by atoms with van der Waals surface area (Å²) in [6.07, 6.45) is 4.01. The van der Waals surface area contributed by atoms with E-state index in [2.05, 4.69) is 27.0 Å². The molecule has 0 amide bonds. The molecule has 116 valence electrons. The summed E-state index contributed by atoms with van der Waals surface area (Å²) in [5.41, 5.74) is 1.05. The van der Waals surface area contributed by atoms with Gasteiger partial charge in [0.25, 0.3) is 0 Å². The van der Waals surface area contributed by atoms with Crippen LogP contribution < -0.4 is 9.64 Å². The van der Waals surface area contributed by atoms with Gasteiger partial charge in [-0.2, -0.15) is 0 Å². The number of hydrogen-bond donors (Lipinski definition) is 0. The lowest BCUT2D eigenvalue weighted by Crippen LogP contribution is -2.38. The topological polar surface area (TPSA) is 38.2 Å². The maximum Gasteiger partial charge on any atom is 0.232 e. The van der Waals surface area contributed by atoms with Crippen molar-refractivity contribution in [3.63, 3.8) is 0 Å². The summed E-state index contributed by atoms with van der Waals surface area (Å²) in [5, 5.41) is 0.565. The van der Waals surface area contributed by atoms with E-state index < -0.39 is 0 Å². The van der Waals surface area contributed by atoms with E-state index in [1.54, 1.807) is 18.3 Å². The lowest BCUT2D eigenvalue weighted by Gasteiger charge is -2.33. The molecule has 0 saturated carbocycles. The molecule has 3 heterocycles. The van der Waals surface area contributed by atoms with Crippen LogP contribution in [0.25, 0.3) is 0 Å². The van der Waals surface area contributed by atoms with E-state index in [1.807, 2.05) is 13.0 Å². The highest BCUT2D eigenvalue weighted by Gasteiger charge is 2.22. The van der Waals surface area contributed by atoms with Crippen molar-refractivity contribution in [2.45, 2.75) is 19.8 Å². The molecule has 4 nitrogen and oxygen atoms in total. The molecule has 2 aromatic rings. The Morgan fingerprint density at radius 2 is 2.23 bits per heavy atom. The molecule has 5 heteroatoms. The summed E-state index contributed by atoms with van der Waals surface area (Å²) >= 11 is 6.08. The second kappa shape index (κ2) is 6.97. The maximum atomic E-state index is 6.08. The molecule has 0 aliphatic carbocycles. The Morgan fingerprint density at radius 3 is 3.05 bits per heavy atom. The third kappa shape index (κ3) is 3.69. The molecule has 1 fully saturated rings. The number of aryl methyl sites for hydroxylation is 1. The Bertz CT molecular complexity index is 635. The molecule has 0 radical (unpaired) electrons. The second-order valence-electron chi connectivity index (χ2n) is 5.69. The molecule has 1 atom stereocenters. The van der Waals surface area contributed by atoms with Crippen molar-refractivity contribution in [1.29, 1.82) is 0 Å². The predicted molar refractivity (Wildman–Crippen MR) is 88.7 cm³/mol. The number of piperidine rings is 1. The summed E-state index contributed by atoms with van der Waals surface area (Å²) in [5.74, 6) is 2.05. The minimum absolute atomic E-state index is 0.467. The van der Waals surface area contributed by atoms with Gasteiger partial charge in [0.2, 0.25) is 5.88 Å². The average molecular weight is 318 g/mol. The minimum Gasteiger partial charge on any atom is -0.476 e. The zero-order chi connectivity index (χ0) is 15.4. The molecular formula is C17H20ClN3O. The first-order valence-corrected chi connectivity index (χ1v) is 8.02. The summed E-state index contributed by atoms with van der Waals surface area (Å²) in [4.78, 5) is 11.1. The summed E-state index contributed by atoms with van der Waals surface area (Å²) in [6, 6.07) is 9.77. The lowest BCUT2D eigenvalue weighted by atomic mass is 9.99. The van der Waals surface area contributed by atoms with Crippen molar-refractivity contribution in [2.24, 2.45) is 5.92 Å². The molecule has 0 bridgehead atoms. The zero-order valence-electron chi connectivity index (χ0n) is 12.7. The quantitative estimate of drug-likeness (QED) is 0.861. The number of hydrogen-bond acceptors (Lipinski definition) is 4. The second-order valence-corrected chi connectivity index (χ2v) is 6.10. The summed E-state index contributed by atoms with van der Waals surface area (Å²) in [7, 11) is 0. The molecule has 0 spiro atoms. The van der Waals surface area contributed by atoms with Gasteiger partial charge in [0.05, 0.1) is 6.61 Å². The molecule has 1 unspecified atom stereocenters. The highest BCUT2D eigenvalue weighted by atomic mass is 35.5. The molecule has 0 N–H and O–H groups in total. The van der Waals surface area contributed by atoms with Crippen LogP contribution >= 0.6 is 11.6 Å². The number of pyridine rings is 2. The van der Waals surface area contributed by atoms with Crippen molar-refractivity contribution in [3.8, 4) is 5.88 Å². The first-order chi connectivity index (χ1) is 10.7. The number of anilines is 1. The number of halogens is 1. The Labute approximate surface area is 136 Å². The van der Waals surface area contributed by atoms with E-state index >= 15 is 0 Å². The first kappa shape index (κ1) is 15.1. The molecule has 22 heavy (non-hydrogen) atoms. The van der Waals surface area contributed by atoms with Crippen LogP contribution in [-0.2, 0) is 0 Å². The molecule has 2 aromatic heterocycles. The van der Waals surface area contributed by atoms with E-state index in [0.717, 1.165) is 37.4 Å². The summed E-state index contributed by atoms with van der Waals surface area (Å²) < 4.78 is 5.79. The van der Waals surface area contributed by atoms with Crippen LogP contribution in [0, 0.1) is 12.8 Å². The van der Waals surface area contributed by atoms with Crippen molar-refractivity contribution < 1.29 is 4.74 Å². The fourth-order valence-corrected chi connectivity index (χ4v) is 2.96. The van der Waals surface area contributed by atoms with Crippen LogP contribution in [0.5, 0.6) is 5.88 Å². The van der Waals surface area contributed by atoms with Crippen LogP contribution in [0.15, 0.2) is 36.5 Å². The summed E-state index contributed by atoms with van der Waals surface area (Å²) in [6.45, 7) is 4.67. The Morgan fingerprint density at radius 1 is 1.32 bits per heavy atom. The van der Waals surface area contributed by atoms with Gasteiger partial charge in [-0.15, -0.1) is 0 Å². The van der Waals surface area contributed by atoms with E-state index in [0.29, 0.717) is 23.4 Å². The van der Waals surface area contributed by atoms with Gasteiger partial charge in [-0.05, 0) is 44.0 Å². The Kier molecular flexibility index (Phi) is 4.78. The normalized spacial score (nSPS) is 18.3. The van der Waals surface area contributed by atoms with Gasteiger partial charge in [0, 0.05) is 30.9 Å². The zero-order valence-corrected chi connectivity index (χ0v) is 13.5. The smallest absolute Gasteiger partial charge is 0.232 e. The van der Waals surface area contributed by atoms with E-state index in [9.17, 15) is 0 Å². The van der Waals surface area contributed by atoms with Gasteiger partial charge in [-0.1, -0.05) is 17.7 Å². The molecule has 1 aliphatic heterocycles. The monoisotopic (exact) mass is 317 g/mol. The lowest BCUT2D eigenvalue weighted by molar-refractivity contribution is 0.221. The number of nitrogens with zero attached hydrogens (tertiary/aromatic N) is 3. The van der Waals surface area contributed by atoms with E-state index in [4.69, 9.17) is 16.3 Å². The predicted octanol–water partition coefficient (Wildman–Crippen LogP) is 3.73. The van der Waals surface area contributed by atoms with E-state index in [1.165, 1.54) is 0 Å². The fourth-order valence-electron chi connectivity index (χ4n) is 2.79. The number of ether oxygens (including phenoxy) is 1. The molecule has 0 aromatic carbocycles. The largest absolute Gasteiger partial charge is 0.476 e. The third-order valence-electron chi connectivity index (χ3n) is 3.90. The van der Waals surface area contributed by atoms with Gasteiger partial charge < -0.3 is 9.64 Å². The number of rotatable bonds is 4. The van der Waals surface area contributed by atoms with Crippen molar-refractivity contribution in [3.05, 3.63) is 47.2 Å². The first-order valence-electron chi connectivity index (χ1n) is 7.64. The van der Waals surface area contributed by atoms with Crippen LogP contribution in [0.2, 0.25) is 5.02 Å². The fraction of sp³-hybridized carbons (Fsp3) is 0.412. The van der Waals surface area contributed by atoms with Crippen molar-refractivity contribution in [2.75, 3.05) is 24.6 Å². The highest BCUT2D eigenvalue weighted by molar-refractivity contribution is 6.31. The van der Waals surface area contributed by atoms with Crippen molar-refractivity contribution >= 4 is 17.4 Å². The molecule has 3 rings (SSSR count). The maximum absolute atomic E-state index is 6.08. The molecule has 1 aliphatic rings. The third-order valence-corrected chi connectivity index (χ3v) is 4.18. The van der Waals surface area contributed by atoms with Crippen LogP contribution in [0.1, 0.15) is 18.5 Å². The van der Waals surface area contributed by atoms with Gasteiger partial charge in [0.15, 0.2) is 0 Å². The minimum atomic E-state index is 0.467. The van der Waals surface area contributed by atoms with E-state index in [-0.39, 0.29) is 0 Å². The van der Waals surface area contributed by atoms with Crippen LogP contribution in [0.4, 0.5) is 5.82 Å².